The first-order valence-corrected chi connectivity index (χ1v) is 9.94. The van der Waals surface area contributed by atoms with Crippen LogP contribution in [0.5, 0.6) is 5.75 Å². The summed E-state index contributed by atoms with van der Waals surface area (Å²) in [6.07, 6.45) is 0.275. The van der Waals surface area contributed by atoms with Crippen molar-refractivity contribution in [2.45, 2.75) is 16.5 Å². The Labute approximate surface area is 164 Å². The summed E-state index contributed by atoms with van der Waals surface area (Å²) < 4.78 is 5.91. The van der Waals surface area contributed by atoms with E-state index < -0.39 is 0 Å². The number of methoxy groups -OCH3 is 1. The Morgan fingerprint density at radius 2 is 1.81 bits per heavy atom. The Bertz CT molecular complexity index is 867. The van der Waals surface area contributed by atoms with Crippen molar-refractivity contribution in [3.05, 3.63) is 64.7 Å². The summed E-state index contributed by atoms with van der Waals surface area (Å²) >= 11 is 8.82. The predicted octanol–water partition coefficient (Wildman–Crippen LogP) is 4.67. The van der Waals surface area contributed by atoms with Crippen LogP contribution in [0, 0.1) is 0 Å². The number of ether oxygens (including phenoxy) is 1. The summed E-state index contributed by atoms with van der Waals surface area (Å²) in [5, 5.41) is 12.1. The molecule has 1 amide bonds. The van der Waals surface area contributed by atoms with Crippen molar-refractivity contribution in [1.82, 2.24) is 10.2 Å². The average molecular weight is 406 g/mol. The number of nitrogens with zero attached hydrogens (tertiary/aromatic N) is 2. The van der Waals surface area contributed by atoms with Crippen molar-refractivity contribution in [3.8, 4) is 5.75 Å². The van der Waals surface area contributed by atoms with Crippen LogP contribution in [-0.2, 0) is 17.0 Å². The zero-order valence-corrected chi connectivity index (χ0v) is 16.3. The van der Waals surface area contributed by atoms with Crippen LogP contribution in [0.15, 0.2) is 52.9 Å². The maximum absolute atomic E-state index is 12.1. The molecule has 0 saturated heterocycles. The summed E-state index contributed by atoms with van der Waals surface area (Å²) in [6.45, 7) is 0. The van der Waals surface area contributed by atoms with Gasteiger partial charge in [0.15, 0.2) is 4.34 Å². The number of carbonyl (C=O) groups excluding carboxylic acids is 1. The summed E-state index contributed by atoms with van der Waals surface area (Å²) in [5.74, 6) is 1.41. The van der Waals surface area contributed by atoms with Crippen molar-refractivity contribution in [1.29, 1.82) is 0 Å². The number of rotatable bonds is 7. The number of hydrogen-bond acceptors (Lipinski definition) is 6. The number of nitrogens with one attached hydrogen (secondary N) is 1. The van der Waals surface area contributed by atoms with E-state index in [1.165, 1.54) is 11.3 Å². The lowest BCUT2D eigenvalue weighted by Crippen LogP contribution is -2.14. The number of aromatic nitrogens is 2. The summed E-state index contributed by atoms with van der Waals surface area (Å²) in [7, 11) is 1.61. The van der Waals surface area contributed by atoms with Gasteiger partial charge in [0.1, 0.15) is 5.75 Å². The molecule has 134 valence electrons. The molecule has 2 aromatic carbocycles. The van der Waals surface area contributed by atoms with Gasteiger partial charge in [-0.15, -0.1) is 10.2 Å². The third kappa shape index (κ3) is 5.45. The number of thioether (sulfide) groups is 1. The van der Waals surface area contributed by atoms with Gasteiger partial charge in [0.25, 0.3) is 0 Å². The number of halogens is 1. The third-order valence-electron chi connectivity index (χ3n) is 3.45. The fraction of sp³-hybridized carbons (Fsp3) is 0.167. The van der Waals surface area contributed by atoms with Gasteiger partial charge in [-0.25, -0.2) is 0 Å². The molecule has 0 fully saturated rings. The normalized spacial score (nSPS) is 10.5. The van der Waals surface area contributed by atoms with Crippen LogP contribution in [0.3, 0.4) is 0 Å². The molecule has 0 atom stereocenters. The minimum atomic E-state index is -0.124. The highest BCUT2D eigenvalue weighted by atomic mass is 35.5. The Balaban J connectivity index is 1.50. The molecule has 0 aliphatic rings. The van der Waals surface area contributed by atoms with Crippen molar-refractivity contribution in [3.63, 3.8) is 0 Å². The average Bonchev–Trinajstić information content (AvgIpc) is 3.09. The van der Waals surface area contributed by atoms with Crippen LogP contribution in [0.25, 0.3) is 0 Å². The van der Waals surface area contributed by atoms with Gasteiger partial charge in [0, 0.05) is 10.8 Å². The van der Waals surface area contributed by atoms with Crippen LogP contribution >= 0.6 is 34.7 Å². The van der Waals surface area contributed by atoms with Crippen molar-refractivity contribution >= 4 is 45.7 Å². The molecule has 0 unspecified atom stereocenters. The number of benzene rings is 2. The minimum Gasteiger partial charge on any atom is -0.497 e. The monoisotopic (exact) mass is 405 g/mol. The molecule has 5 nitrogen and oxygen atoms in total. The first kappa shape index (κ1) is 18.7. The lowest BCUT2D eigenvalue weighted by Gasteiger charge is -2.03. The second-order valence-electron chi connectivity index (χ2n) is 5.36. The first-order chi connectivity index (χ1) is 12.6. The van der Waals surface area contributed by atoms with Gasteiger partial charge in [-0.05, 0) is 35.4 Å². The van der Waals surface area contributed by atoms with Crippen molar-refractivity contribution in [2.24, 2.45) is 0 Å². The van der Waals surface area contributed by atoms with Gasteiger partial charge in [-0.1, -0.05) is 59.0 Å². The molecule has 1 heterocycles. The maximum atomic E-state index is 12.1. The second kappa shape index (κ2) is 9.02. The van der Waals surface area contributed by atoms with E-state index in [-0.39, 0.29) is 12.3 Å². The molecular weight excluding hydrogens is 390 g/mol. The Morgan fingerprint density at radius 3 is 2.50 bits per heavy atom. The molecule has 1 N–H and O–H groups in total. The van der Waals surface area contributed by atoms with E-state index in [2.05, 4.69) is 15.5 Å². The fourth-order valence-corrected chi connectivity index (χ4v) is 3.99. The van der Waals surface area contributed by atoms with E-state index in [0.717, 1.165) is 32.0 Å². The van der Waals surface area contributed by atoms with Crippen LogP contribution in [0.4, 0.5) is 5.13 Å². The number of anilines is 1. The molecular formula is C18H16ClN3O2S2. The SMILES string of the molecule is COc1ccc(CC(=O)Nc2nnc(SCc3ccc(Cl)cc3)s2)cc1. The molecule has 3 rings (SSSR count). The van der Waals surface area contributed by atoms with E-state index >= 15 is 0 Å². The van der Waals surface area contributed by atoms with Crippen molar-refractivity contribution < 1.29 is 9.53 Å². The Kier molecular flexibility index (Phi) is 6.49. The largest absolute Gasteiger partial charge is 0.497 e. The molecule has 0 bridgehead atoms. The smallest absolute Gasteiger partial charge is 0.230 e. The maximum Gasteiger partial charge on any atom is 0.230 e. The fourth-order valence-electron chi connectivity index (χ4n) is 2.14. The van der Waals surface area contributed by atoms with Gasteiger partial charge in [-0.3, -0.25) is 4.79 Å². The molecule has 0 radical (unpaired) electrons. The van der Waals surface area contributed by atoms with Gasteiger partial charge < -0.3 is 10.1 Å². The van der Waals surface area contributed by atoms with Crippen molar-refractivity contribution in [2.75, 3.05) is 12.4 Å². The van der Waals surface area contributed by atoms with Crippen LogP contribution in [0.2, 0.25) is 5.02 Å². The van der Waals surface area contributed by atoms with E-state index in [9.17, 15) is 4.79 Å². The highest BCUT2D eigenvalue weighted by Gasteiger charge is 2.10. The minimum absolute atomic E-state index is 0.124. The van der Waals surface area contributed by atoms with E-state index in [0.29, 0.717) is 5.13 Å². The van der Waals surface area contributed by atoms with Gasteiger partial charge in [0.05, 0.1) is 13.5 Å². The molecule has 8 heteroatoms. The molecule has 0 saturated carbocycles. The summed E-state index contributed by atoms with van der Waals surface area (Å²) in [5.41, 5.74) is 2.06. The standard InChI is InChI=1S/C18H16ClN3O2S2/c1-24-15-8-4-12(5-9-15)10-16(23)20-17-21-22-18(26-17)25-11-13-2-6-14(19)7-3-13/h2-9H,10-11H2,1H3,(H,20,21,23). The highest BCUT2D eigenvalue weighted by molar-refractivity contribution is 8.00. The molecule has 0 aliphatic heterocycles. The summed E-state index contributed by atoms with van der Waals surface area (Å²) in [6, 6.07) is 15.1. The summed E-state index contributed by atoms with van der Waals surface area (Å²) in [4.78, 5) is 12.1. The molecule has 1 aromatic heterocycles. The Hall–Kier alpha value is -2.09. The topological polar surface area (TPSA) is 64.1 Å². The van der Waals surface area contributed by atoms with E-state index in [1.54, 1.807) is 18.9 Å². The van der Waals surface area contributed by atoms with E-state index in [1.807, 2.05) is 48.5 Å². The van der Waals surface area contributed by atoms with Crippen LogP contribution in [-0.4, -0.2) is 23.2 Å². The van der Waals surface area contributed by atoms with E-state index in [4.69, 9.17) is 16.3 Å². The molecule has 0 spiro atoms. The molecule has 26 heavy (non-hydrogen) atoms. The number of carbonyl (C=O) groups is 1. The lowest BCUT2D eigenvalue weighted by molar-refractivity contribution is -0.115. The first-order valence-electron chi connectivity index (χ1n) is 7.76. The highest BCUT2D eigenvalue weighted by Crippen LogP contribution is 2.28. The molecule has 3 aromatic rings. The number of amides is 1. The zero-order valence-electron chi connectivity index (χ0n) is 13.9. The number of hydrogen-bond donors (Lipinski definition) is 1. The van der Waals surface area contributed by atoms with Gasteiger partial charge in [0.2, 0.25) is 11.0 Å². The van der Waals surface area contributed by atoms with Crippen LogP contribution in [0.1, 0.15) is 11.1 Å². The lowest BCUT2D eigenvalue weighted by atomic mass is 10.1. The second-order valence-corrected chi connectivity index (χ2v) is 8.00. The predicted molar refractivity (Wildman–Crippen MR) is 106 cm³/mol. The Morgan fingerprint density at radius 1 is 1.12 bits per heavy atom. The van der Waals surface area contributed by atoms with Crippen LogP contribution < -0.4 is 10.1 Å². The quantitative estimate of drug-likeness (QED) is 0.457. The van der Waals surface area contributed by atoms with Gasteiger partial charge in [-0.2, -0.15) is 0 Å². The zero-order chi connectivity index (χ0) is 18.4. The van der Waals surface area contributed by atoms with Gasteiger partial charge >= 0.3 is 0 Å². The molecule has 0 aliphatic carbocycles. The third-order valence-corrected chi connectivity index (χ3v) is 5.75.